The van der Waals surface area contributed by atoms with E-state index in [9.17, 15) is 4.39 Å². The van der Waals surface area contributed by atoms with Crippen molar-refractivity contribution in [3.8, 4) is 11.5 Å². The predicted octanol–water partition coefficient (Wildman–Crippen LogP) is 5.19. The van der Waals surface area contributed by atoms with Gasteiger partial charge in [0.25, 0.3) is 0 Å². The summed E-state index contributed by atoms with van der Waals surface area (Å²) < 4.78 is 20.2. The van der Waals surface area contributed by atoms with Crippen LogP contribution >= 0.6 is 15.9 Å². The van der Waals surface area contributed by atoms with Crippen molar-refractivity contribution in [2.24, 2.45) is 0 Å². The van der Waals surface area contributed by atoms with Gasteiger partial charge in [0.15, 0.2) is 0 Å². The number of halogens is 2. The molecule has 4 heteroatoms. The van der Waals surface area contributed by atoms with E-state index in [-0.39, 0.29) is 5.82 Å². The van der Waals surface area contributed by atoms with Crippen LogP contribution in [0.4, 0.5) is 4.39 Å². The molecule has 0 aromatic heterocycles. The van der Waals surface area contributed by atoms with Crippen molar-refractivity contribution in [2.45, 2.75) is 26.8 Å². The minimum atomic E-state index is -0.221. The highest BCUT2D eigenvalue weighted by Gasteiger charge is 2.07. The Hall–Kier alpha value is -1.39. The van der Waals surface area contributed by atoms with Crippen LogP contribution < -0.4 is 10.1 Å². The standard InChI is InChI=1S/C17H19BrFNO/c1-3-8-20-11-13-4-5-14(18)10-17(13)21-15-6-7-16(19)12(2)9-15/h4-7,9-10,20H,3,8,11H2,1-2H3. The van der Waals surface area contributed by atoms with Crippen LogP contribution in [0.15, 0.2) is 40.9 Å². The Morgan fingerprint density at radius 1 is 1.19 bits per heavy atom. The molecule has 2 nitrogen and oxygen atoms in total. The molecule has 0 spiro atoms. The fourth-order valence-electron chi connectivity index (χ4n) is 1.98. The summed E-state index contributed by atoms with van der Waals surface area (Å²) in [5.74, 6) is 1.20. The topological polar surface area (TPSA) is 21.3 Å². The Morgan fingerprint density at radius 2 is 2.00 bits per heavy atom. The second-order valence-corrected chi connectivity index (χ2v) is 5.86. The van der Waals surface area contributed by atoms with E-state index in [1.165, 1.54) is 6.07 Å². The van der Waals surface area contributed by atoms with Crippen LogP contribution in [-0.2, 0) is 6.54 Å². The quantitative estimate of drug-likeness (QED) is 0.723. The number of hydrogen-bond acceptors (Lipinski definition) is 2. The van der Waals surface area contributed by atoms with Crippen LogP contribution in [-0.4, -0.2) is 6.54 Å². The molecule has 0 unspecified atom stereocenters. The smallest absolute Gasteiger partial charge is 0.133 e. The molecule has 0 atom stereocenters. The number of nitrogens with one attached hydrogen (secondary N) is 1. The van der Waals surface area contributed by atoms with Gasteiger partial charge in [0.2, 0.25) is 0 Å². The molecular weight excluding hydrogens is 333 g/mol. The first-order valence-electron chi connectivity index (χ1n) is 7.03. The van der Waals surface area contributed by atoms with Gasteiger partial charge in [0, 0.05) is 16.6 Å². The maximum Gasteiger partial charge on any atom is 0.133 e. The normalized spacial score (nSPS) is 10.7. The van der Waals surface area contributed by atoms with Crippen molar-refractivity contribution in [1.29, 1.82) is 0 Å². The van der Waals surface area contributed by atoms with E-state index in [0.29, 0.717) is 11.3 Å². The molecular formula is C17H19BrFNO. The summed E-state index contributed by atoms with van der Waals surface area (Å²) in [6.07, 6.45) is 1.09. The Balaban J connectivity index is 2.20. The molecule has 0 bridgehead atoms. The number of benzene rings is 2. The maximum atomic E-state index is 13.3. The Morgan fingerprint density at radius 3 is 2.71 bits per heavy atom. The lowest BCUT2D eigenvalue weighted by Gasteiger charge is -2.13. The van der Waals surface area contributed by atoms with Gasteiger partial charge in [-0.25, -0.2) is 4.39 Å². The van der Waals surface area contributed by atoms with E-state index in [2.05, 4.69) is 28.2 Å². The van der Waals surface area contributed by atoms with Crippen LogP contribution in [0.2, 0.25) is 0 Å². The number of aryl methyl sites for hydroxylation is 1. The summed E-state index contributed by atoms with van der Waals surface area (Å²) in [4.78, 5) is 0. The van der Waals surface area contributed by atoms with E-state index in [4.69, 9.17) is 4.74 Å². The third-order valence-electron chi connectivity index (χ3n) is 3.13. The molecule has 2 rings (SSSR count). The molecule has 0 saturated carbocycles. The molecule has 0 fully saturated rings. The molecule has 0 aliphatic heterocycles. The second kappa shape index (κ2) is 7.57. The van der Waals surface area contributed by atoms with E-state index in [1.807, 2.05) is 18.2 Å². The van der Waals surface area contributed by atoms with Crippen molar-refractivity contribution < 1.29 is 9.13 Å². The van der Waals surface area contributed by atoms with Crippen molar-refractivity contribution in [3.05, 3.63) is 57.8 Å². The molecule has 0 radical (unpaired) electrons. The zero-order valence-electron chi connectivity index (χ0n) is 12.2. The number of hydrogen-bond donors (Lipinski definition) is 1. The lowest BCUT2D eigenvalue weighted by Crippen LogP contribution is -2.14. The van der Waals surface area contributed by atoms with Crippen LogP contribution in [0, 0.1) is 12.7 Å². The number of rotatable bonds is 6. The van der Waals surface area contributed by atoms with E-state index in [1.54, 1.807) is 19.1 Å². The second-order valence-electron chi connectivity index (χ2n) is 4.94. The van der Waals surface area contributed by atoms with E-state index < -0.39 is 0 Å². The molecule has 0 saturated heterocycles. The van der Waals surface area contributed by atoms with Crippen LogP contribution in [0.25, 0.3) is 0 Å². The molecule has 0 amide bonds. The molecule has 21 heavy (non-hydrogen) atoms. The van der Waals surface area contributed by atoms with Gasteiger partial charge in [0.1, 0.15) is 17.3 Å². The van der Waals surface area contributed by atoms with Gasteiger partial charge in [0.05, 0.1) is 0 Å². The Kier molecular flexibility index (Phi) is 5.76. The monoisotopic (exact) mass is 351 g/mol. The number of ether oxygens (including phenoxy) is 1. The fourth-order valence-corrected chi connectivity index (χ4v) is 2.32. The van der Waals surface area contributed by atoms with Crippen molar-refractivity contribution in [2.75, 3.05) is 6.54 Å². The SMILES string of the molecule is CCCNCc1ccc(Br)cc1Oc1ccc(F)c(C)c1. The molecule has 1 N–H and O–H groups in total. The van der Waals surface area contributed by atoms with Gasteiger partial charge in [-0.1, -0.05) is 28.9 Å². The van der Waals surface area contributed by atoms with Crippen molar-refractivity contribution >= 4 is 15.9 Å². The van der Waals surface area contributed by atoms with Gasteiger partial charge in [-0.2, -0.15) is 0 Å². The van der Waals surface area contributed by atoms with Crippen molar-refractivity contribution in [3.63, 3.8) is 0 Å². The lowest BCUT2D eigenvalue weighted by molar-refractivity contribution is 0.469. The average Bonchev–Trinajstić information content (AvgIpc) is 2.45. The molecule has 2 aromatic rings. The van der Waals surface area contributed by atoms with Gasteiger partial charge in [-0.15, -0.1) is 0 Å². The van der Waals surface area contributed by atoms with Gasteiger partial charge < -0.3 is 10.1 Å². The Bertz CT molecular complexity index is 616. The molecule has 2 aromatic carbocycles. The summed E-state index contributed by atoms with van der Waals surface area (Å²) in [5, 5.41) is 3.36. The summed E-state index contributed by atoms with van der Waals surface area (Å²) >= 11 is 3.46. The lowest BCUT2D eigenvalue weighted by atomic mass is 10.2. The zero-order chi connectivity index (χ0) is 15.2. The summed E-state index contributed by atoms with van der Waals surface area (Å²) in [5.41, 5.74) is 1.65. The summed E-state index contributed by atoms with van der Waals surface area (Å²) in [6, 6.07) is 10.7. The minimum absolute atomic E-state index is 0.221. The fraction of sp³-hybridized carbons (Fsp3) is 0.294. The minimum Gasteiger partial charge on any atom is -0.457 e. The van der Waals surface area contributed by atoms with Crippen LogP contribution in [0.1, 0.15) is 24.5 Å². The van der Waals surface area contributed by atoms with Gasteiger partial charge >= 0.3 is 0 Å². The highest BCUT2D eigenvalue weighted by molar-refractivity contribution is 9.10. The molecule has 0 aliphatic rings. The van der Waals surface area contributed by atoms with Crippen LogP contribution in [0.3, 0.4) is 0 Å². The first-order chi connectivity index (χ1) is 10.1. The van der Waals surface area contributed by atoms with Crippen LogP contribution in [0.5, 0.6) is 11.5 Å². The predicted molar refractivity (Wildman–Crippen MR) is 87.4 cm³/mol. The Labute approximate surface area is 133 Å². The maximum absolute atomic E-state index is 13.3. The third kappa shape index (κ3) is 4.55. The third-order valence-corrected chi connectivity index (χ3v) is 3.62. The van der Waals surface area contributed by atoms with E-state index >= 15 is 0 Å². The van der Waals surface area contributed by atoms with Crippen molar-refractivity contribution in [1.82, 2.24) is 5.32 Å². The summed E-state index contributed by atoms with van der Waals surface area (Å²) in [7, 11) is 0. The first kappa shape index (κ1) is 16.0. The first-order valence-corrected chi connectivity index (χ1v) is 7.82. The highest BCUT2D eigenvalue weighted by Crippen LogP contribution is 2.29. The zero-order valence-corrected chi connectivity index (χ0v) is 13.8. The molecule has 0 aliphatic carbocycles. The average molecular weight is 352 g/mol. The molecule has 0 heterocycles. The van der Waals surface area contributed by atoms with Gasteiger partial charge in [-0.05, 0) is 55.8 Å². The van der Waals surface area contributed by atoms with E-state index in [0.717, 1.165) is 35.3 Å². The molecule has 112 valence electrons. The summed E-state index contributed by atoms with van der Waals surface area (Å²) in [6.45, 7) is 5.57. The largest absolute Gasteiger partial charge is 0.457 e. The highest BCUT2D eigenvalue weighted by atomic mass is 79.9. The van der Waals surface area contributed by atoms with Gasteiger partial charge in [-0.3, -0.25) is 0 Å².